The molecule has 130 valence electrons. The number of rotatable bonds is 2. The standard InChI is InChI=1S/C19H16F2O4/c20-19(21)7-15-14-6-13(24)5-11(9-22)18(14)25-17(16(15)8-19)10-1-3-12(23)4-2-10/h1-6,8,15,17,22-24H,7,9H2. The summed E-state index contributed by atoms with van der Waals surface area (Å²) >= 11 is 0. The van der Waals surface area contributed by atoms with E-state index in [-0.39, 0.29) is 18.1 Å². The van der Waals surface area contributed by atoms with Crippen molar-refractivity contribution in [2.24, 2.45) is 0 Å². The van der Waals surface area contributed by atoms with Crippen LogP contribution >= 0.6 is 0 Å². The lowest BCUT2D eigenvalue weighted by Gasteiger charge is -2.34. The first-order valence-electron chi connectivity index (χ1n) is 7.90. The molecular formula is C19H16F2O4. The average molecular weight is 346 g/mol. The number of phenolic OH excluding ortho intramolecular Hbond substituents is 2. The molecule has 25 heavy (non-hydrogen) atoms. The van der Waals surface area contributed by atoms with Crippen LogP contribution in [0.2, 0.25) is 0 Å². The summed E-state index contributed by atoms with van der Waals surface area (Å²) in [5.41, 5.74) is 1.88. The lowest BCUT2D eigenvalue weighted by molar-refractivity contribution is 0.0514. The maximum absolute atomic E-state index is 14.1. The SMILES string of the molecule is OCc1cc(O)cc2c1OC(c1ccc(O)cc1)C1=CC(F)(F)CC12. The molecule has 2 aromatic rings. The lowest BCUT2D eigenvalue weighted by Crippen LogP contribution is -2.22. The van der Waals surface area contributed by atoms with Crippen LogP contribution in [-0.2, 0) is 6.61 Å². The monoisotopic (exact) mass is 346 g/mol. The molecule has 2 aromatic carbocycles. The van der Waals surface area contributed by atoms with Crippen LogP contribution in [0.15, 0.2) is 48.0 Å². The second-order valence-corrected chi connectivity index (χ2v) is 6.43. The summed E-state index contributed by atoms with van der Waals surface area (Å²) in [5.74, 6) is -3.26. The van der Waals surface area contributed by atoms with Gasteiger partial charge in [0.05, 0.1) is 6.61 Å². The number of aromatic hydroxyl groups is 2. The van der Waals surface area contributed by atoms with E-state index in [9.17, 15) is 24.1 Å². The first kappa shape index (κ1) is 15.9. The maximum atomic E-state index is 14.1. The highest BCUT2D eigenvalue weighted by Gasteiger charge is 2.47. The Hall–Kier alpha value is -2.60. The van der Waals surface area contributed by atoms with Gasteiger partial charge in [0.15, 0.2) is 0 Å². The van der Waals surface area contributed by atoms with Gasteiger partial charge in [0.2, 0.25) is 0 Å². The van der Waals surface area contributed by atoms with Crippen molar-refractivity contribution in [3.8, 4) is 17.2 Å². The minimum atomic E-state index is -2.97. The van der Waals surface area contributed by atoms with Gasteiger partial charge >= 0.3 is 0 Å². The number of aliphatic hydroxyl groups is 1. The number of aliphatic hydroxyl groups excluding tert-OH is 1. The van der Waals surface area contributed by atoms with E-state index in [0.717, 1.165) is 6.08 Å². The van der Waals surface area contributed by atoms with Crippen LogP contribution in [0.4, 0.5) is 8.78 Å². The van der Waals surface area contributed by atoms with Crippen molar-refractivity contribution < 1.29 is 28.8 Å². The van der Waals surface area contributed by atoms with Gasteiger partial charge in [-0.3, -0.25) is 0 Å². The van der Waals surface area contributed by atoms with Crippen molar-refractivity contribution in [2.45, 2.75) is 31.0 Å². The van der Waals surface area contributed by atoms with Gasteiger partial charge in [0.1, 0.15) is 23.4 Å². The molecule has 0 radical (unpaired) electrons. The topological polar surface area (TPSA) is 69.9 Å². The number of hydrogen-bond donors (Lipinski definition) is 3. The summed E-state index contributed by atoms with van der Waals surface area (Å²) in [6.07, 6.45) is -0.205. The molecule has 3 N–H and O–H groups in total. The van der Waals surface area contributed by atoms with Crippen molar-refractivity contribution in [2.75, 3.05) is 0 Å². The predicted molar refractivity (Wildman–Crippen MR) is 85.9 cm³/mol. The summed E-state index contributed by atoms with van der Waals surface area (Å²) in [6, 6.07) is 8.98. The fourth-order valence-corrected chi connectivity index (χ4v) is 3.65. The molecule has 0 fully saturated rings. The molecule has 4 nitrogen and oxygen atoms in total. The molecule has 2 aliphatic rings. The molecule has 0 aromatic heterocycles. The Morgan fingerprint density at radius 3 is 2.48 bits per heavy atom. The van der Waals surface area contributed by atoms with Crippen molar-refractivity contribution in [3.05, 3.63) is 64.7 Å². The van der Waals surface area contributed by atoms with Gasteiger partial charge in [0, 0.05) is 23.5 Å². The molecular weight excluding hydrogens is 330 g/mol. The van der Waals surface area contributed by atoms with Gasteiger partial charge in [-0.15, -0.1) is 0 Å². The quantitative estimate of drug-likeness (QED) is 0.724. The van der Waals surface area contributed by atoms with Crippen LogP contribution in [-0.4, -0.2) is 21.2 Å². The van der Waals surface area contributed by atoms with Crippen molar-refractivity contribution >= 4 is 0 Å². The van der Waals surface area contributed by atoms with E-state index in [1.165, 1.54) is 24.3 Å². The van der Waals surface area contributed by atoms with Crippen molar-refractivity contribution in [1.82, 2.24) is 0 Å². The number of fused-ring (bicyclic) bond motifs is 3. The van der Waals surface area contributed by atoms with E-state index >= 15 is 0 Å². The maximum Gasteiger partial charge on any atom is 0.267 e. The summed E-state index contributed by atoms with van der Waals surface area (Å²) < 4.78 is 34.2. The van der Waals surface area contributed by atoms with Crippen LogP contribution < -0.4 is 4.74 Å². The second kappa shape index (κ2) is 5.46. The zero-order valence-corrected chi connectivity index (χ0v) is 13.1. The lowest BCUT2D eigenvalue weighted by atomic mass is 9.83. The van der Waals surface area contributed by atoms with Gasteiger partial charge in [-0.1, -0.05) is 12.1 Å². The Kier molecular flexibility index (Phi) is 3.47. The molecule has 0 amide bonds. The molecule has 1 heterocycles. The third-order valence-corrected chi connectivity index (χ3v) is 4.72. The number of hydrogen-bond acceptors (Lipinski definition) is 4. The Morgan fingerprint density at radius 1 is 1.08 bits per heavy atom. The molecule has 0 saturated carbocycles. The van der Waals surface area contributed by atoms with E-state index < -0.39 is 24.4 Å². The third-order valence-electron chi connectivity index (χ3n) is 4.72. The molecule has 0 spiro atoms. The molecule has 6 heteroatoms. The number of halogens is 2. The number of phenols is 2. The minimum Gasteiger partial charge on any atom is -0.508 e. The number of ether oxygens (including phenoxy) is 1. The predicted octanol–water partition coefficient (Wildman–Crippen LogP) is 3.77. The van der Waals surface area contributed by atoms with Gasteiger partial charge < -0.3 is 20.1 Å². The van der Waals surface area contributed by atoms with E-state index in [4.69, 9.17) is 4.74 Å². The van der Waals surface area contributed by atoms with E-state index in [0.29, 0.717) is 28.0 Å². The van der Waals surface area contributed by atoms with E-state index in [1.54, 1.807) is 12.1 Å². The fourth-order valence-electron chi connectivity index (χ4n) is 3.65. The Labute approximate surface area is 142 Å². The van der Waals surface area contributed by atoms with Crippen LogP contribution in [0.3, 0.4) is 0 Å². The number of benzene rings is 2. The van der Waals surface area contributed by atoms with Crippen LogP contribution in [0.5, 0.6) is 17.2 Å². The largest absolute Gasteiger partial charge is 0.508 e. The first-order chi connectivity index (χ1) is 11.9. The summed E-state index contributed by atoms with van der Waals surface area (Å²) in [5, 5.41) is 28.9. The zero-order valence-electron chi connectivity index (χ0n) is 13.1. The first-order valence-corrected chi connectivity index (χ1v) is 7.90. The average Bonchev–Trinajstić information content (AvgIpc) is 2.90. The summed E-state index contributed by atoms with van der Waals surface area (Å²) in [4.78, 5) is 0. The van der Waals surface area contributed by atoms with Crippen LogP contribution in [0, 0.1) is 0 Å². The highest BCUT2D eigenvalue weighted by molar-refractivity contribution is 5.56. The third kappa shape index (κ3) is 2.62. The minimum absolute atomic E-state index is 0.0724. The highest BCUT2D eigenvalue weighted by atomic mass is 19.3. The zero-order chi connectivity index (χ0) is 17.8. The van der Waals surface area contributed by atoms with Gasteiger partial charge in [-0.2, -0.15) is 0 Å². The Balaban J connectivity index is 1.89. The molecule has 1 aliphatic heterocycles. The van der Waals surface area contributed by atoms with Gasteiger partial charge in [-0.25, -0.2) is 8.78 Å². The summed E-state index contributed by atoms with van der Waals surface area (Å²) in [6.45, 7) is -0.374. The Bertz CT molecular complexity index is 858. The van der Waals surface area contributed by atoms with Crippen LogP contribution in [0.1, 0.15) is 35.1 Å². The normalized spacial score (nSPS) is 23.4. The van der Waals surface area contributed by atoms with Crippen LogP contribution in [0.25, 0.3) is 0 Å². The van der Waals surface area contributed by atoms with E-state index in [2.05, 4.69) is 0 Å². The highest BCUT2D eigenvalue weighted by Crippen LogP contribution is 2.56. The molecule has 0 bridgehead atoms. The molecule has 1 aliphatic carbocycles. The second-order valence-electron chi connectivity index (χ2n) is 6.43. The molecule has 4 rings (SSSR count). The number of allylic oxidation sites excluding steroid dienone is 1. The number of alkyl halides is 2. The van der Waals surface area contributed by atoms with Crippen molar-refractivity contribution in [1.29, 1.82) is 0 Å². The summed E-state index contributed by atoms with van der Waals surface area (Å²) in [7, 11) is 0. The molecule has 2 unspecified atom stereocenters. The van der Waals surface area contributed by atoms with Gasteiger partial charge in [0.25, 0.3) is 5.92 Å². The molecule has 0 saturated heterocycles. The Morgan fingerprint density at radius 2 is 1.80 bits per heavy atom. The smallest absolute Gasteiger partial charge is 0.267 e. The van der Waals surface area contributed by atoms with Gasteiger partial charge in [-0.05, 0) is 41.5 Å². The van der Waals surface area contributed by atoms with Crippen molar-refractivity contribution in [3.63, 3.8) is 0 Å². The van der Waals surface area contributed by atoms with E-state index in [1.807, 2.05) is 0 Å². The fraction of sp³-hybridized carbons (Fsp3) is 0.263. The molecule has 2 atom stereocenters.